The minimum absolute atomic E-state index is 0.00362. The quantitative estimate of drug-likeness (QED) is 0.808. The van der Waals surface area contributed by atoms with Gasteiger partial charge in [-0.15, -0.1) is 11.6 Å². The summed E-state index contributed by atoms with van der Waals surface area (Å²) in [7, 11) is 0. The minimum atomic E-state index is -0.470. The summed E-state index contributed by atoms with van der Waals surface area (Å²) in [6.45, 7) is 5.11. The Morgan fingerprint density at radius 1 is 1.39 bits per heavy atom. The summed E-state index contributed by atoms with van der Waals surface area (Å²) in [6.07, 6.45) is 1.65. The lowest BCUT2D eigenvalue weighted by atomic mass is 9.96. The van der Waals surface area contributed by atoms with Crippen LogP contribution in [0.4, 0.5) is 0 Å². The van der Waals surface area contributed by atoms with Gasteiger partial charge >= 0.3 is 0 Å². The van der Waals surface area contributed by atoms with Crippen LogP contribution in [0.1, 0.15) is 37.1 Å². The predicted octanol–water partition coefficient (Wildman–Crippen LogP) is 3.38. The standard InChI is InChI=1S/C17H20ClN3O2/c1-11-4-3-5-14(10-11)15-19-16(23-20-15)13-6-8-21(9-7-13)17(22)12(2)18/h3-5,10,12-13H,6-9H2,1-2H3. The number of rotatable bonds is 3. The molecule has 0 spiro atoms. The van der Waals surface area contributed by atoms with Crippen molar-refractivity contribution in [2.75, 3.05) is 13.1 Å². The molecule has 3 rings (SSSR count). The number of benzene rings is 1. The van der Waals surface area contributed by atoms with Gasteiger partial charge in [-0.3, -0.25) is 4.79 Å². The topological polar surface area (TPSA) is 59.2 Å². The van der Waals surface area contributed by atoms with Gasteiger partial charge in [0.25, 0.3) is 0 Å². The van der Waals surface area contributed by atoms with Crippen LogP contribution in [-0.4, -0.2) is 39.4 Å². The molecular weight excluding hydrogens is 314 g/mol. The van der Waals surface area contributed by atoms with Crippen LogP contribution in [0.3, 0.4) is 0 Å². The number of piperidine rings is 1. The molecule has 2 heterocycles. The van der Waals surface area contributed by atoms with E-state index in [9.17, 15) is 4.79 Å². The lowest BCUT2D eigenvalue weighted by Gasteiger charge is -2.31. The average molecular weight is 334 g/mol. The molecule has 5 nitrogen and oxygen atoms in total. The second-order valence-corrected chi connectivity index (χ2v) is 6.70. The number of aromatic nitrogens is 2. The predicted molar refractivity (Wildman–Crippen MR) is 88.3 cm³/mol. The largest absolute Gasteiger partial charge is 0.341 e. The van der Waals surface area contributed by atoms with E-state index < -0.39 is 5.38 Å². The van der Waals surface area contributed by atoms with E-state index in [4.69, 9.17) is 16.1 Å². The summed E-state index contributed by atoms with van der Waals surface area (Å²) in [6, 6.07) is 8.04. The Kier molecular flexibility index (Phi) is 4.66. The molecule has 0 bridgehead atoms. The highest BCUT2D eigenvalue weighted by Gasteiger charge is 2.28. The molecular formula is C17H20ClN3O2. The molecule has 0 N–H and O–H groups in total. The Labute approximate surface area is 140 Å². The lowest BCUT2D eigenvalue weighted by molar-refractivity contribution is -0.131. The van der Waals surface area contributed by atoms with Crippen LogP contribution in [0.2, 0.25) is 0 Å². The Hall–Kier alpha value is -1.88. The minimum Gasteiger partial charge on any atom is -0.341 e. The van der Waals surface area contributed by atoms with Crippen molar-refractivity contribution < 1.29 is 9.32 Å². The zero-order chi connectivity index (χ0) is 16.4. The van der Waals surface area contributed by atoms with Crippen LogP contribution in [0.25, 0.3) is 11.4 Å². The molecule has 1 fully saturated rings. The fourth-order valence-corrected chi connectivity index (χ4v) is 3.04. The van der Waals surface area contributed by atoms with Gasteiger partial charge < -0.3 is 9.42 Å². The first kappa shape index (κ1) is 16.0. The van der Waals surface area contributed by atoms with E-state index in [0.29, 0.717) is 24.8 Å². The third-order valence-electron chi connectivity index (χ3n) is 4.21. The average Bonchev–Trinajstić information content (AvgIpc) is 3.04. The Bertz CT molecular complexity index is 691. The van der Waals surface area contributed by atoms with E-state index in [1.165, 1.54) is 0 Å². The van der Waals surface area contributed by atoms with Crippen LogP contribution in [0, 0.1) is 6.92 Å². The molecule has 1 amide bonds. The Balaban J connectivity index is 1.67. The molecule has 1 aromatic carbocycles. The first-order valence-corrected chi connectivity index (χ1v) is 8.31. The van der Waals surface area contributed by atoms with Crippen molar-refractivity contribution in [2.45, 2.75) is 38.0 Å². The first-order chi connectivity index (χ1) is 11.0. The van der Waals surface area contributed by atoms with E-state index in [1.807, 2.05) is 36.1 Å². The number of nitrogens with zero attached hydrogens (tertiary/aromatic N) is 3. The summed E-state index contributed by atoms with van der Waals surface area (Å²) >= 11 is 5.87. The summed E-state index contributed by atoms with van der Waals surface area (Å²) in [4.78, 5) is 18.3. The van der Waals surface area contributed by atoms with Crippen molar-refractivity contribution in [3.63, 3.8) is 0 Å². The molecule has 0 saturated carbocycles. The van der Waals surface area contributed by atoms with Gasteiger partial charge in [-0.25, -0.2) is 0 Å². The van der Waals surface area contributed by atoms with Crippen LogP contribution >= 0.6 is 11.6 Å². The third-order valence-corrected chi connectivity index (χ3v) is 4.40. The van der Waals surface area contributed by atoms with Gasteiger partial charge in [0.05, 0.1) is 0 Å². The molecule has 0 radical (unpaired) electrons. The van der Waals surface area contributed by atoms with Crippen molar-refractivity contribution in [1.82, 2.24) is 15.0 Å². The molecule has 1 aliphatic heterocycles. The van der Waals surface area contributed by atoms with E-state index >= 15 is 0 Å². The van der Waals surface area contributed by atoms with Crippen LogP contribution in [0.5, 0.6) is 0 Å². The SMILES string of the molecule is Cc1cccc(-c2noc(C3CCN(C(=O)C(C)Cl)CC3)n2)c1. The summed E-state index contributed by atoms with van der Waals surface area (Å²) in [5, 5.41) is 3.63. The number of carbonyl (C=O) groups excluding carboxylic acids is 1. The maximum atomic E-state index is 11.9. The van der Waals surface area contributed by atoms with E-state index in [2.05, 4.69) is 10.1 Å². The summed E-state index contributed by atoms with van der Waals surface area (Å²) < 4.78 is 5.45. The summed E-state index contributed by atoms with van der Waals surface area (Å²) in [5.41, 5.74) is 2.12. The number of alkyl halides is 1. The van der Waals surface area contributed by atoms with Crippen molar-refractivity contribution in [3.8, 4) is 11.4 Å². The monoisotopic (exact) mass is 333 g/mol. The zero-order valence-electron chi connectivity index (χ0n) is 13.3. The van der Waals surface area contributed by atoms with E-state index in [-0.39, 0.29) is 11.8 Å². The van der Waals surface area contributed by atoms with Gasteiger partial charge in [0, 0.05) is 24.6 Å². The number of aryl methyl sites for hydroxylation is 1. The molecule has 23 heavy (non-hydrogen) atoms. The fraction of sp³-hybridized carbons (Fsp3) is 0.471. The zero-order valence-corrected chi connectivity index (χ0v) is 14.1. The molecule has 0 aliphatic carbocycles. The number of hydrogen-bond donors (Lipinski definition) is 0. The van der Waals surface area contributed by atoms with Gasteiger partial charge in [-0.2, -0.15) is 4.98 Å². The molecule has 1 atom stereocenters. The van der Waals surface area contributed by atoms with Gasteiger partial charge in [0.1, 0.15) is 5.38 Å². The lowest BCUT2D eigenvalue weighted by Crippen LogP contribution is -2.41. The Morgan fingerprint density at radius 2 is 2.13 bits per heavy atom. The molecule has 1 saturated heterocycles. The molecule has 1 aromatic heterocycles. The van der Waals surface area contributed by atoms with Crippen LogP contribution < -0.4 is 0 Å². The first-order valence-electron chi connectivity index (χ1n) is 7.88. The third kappa shape index (κ3) is 3.55. The second-order valence-electron chi connectivity index (χ2n) is 6.04. The Morgan fingerprint density at radius 3 is 2.78 bits per heavy atom. The van der Waals surface area contributed by atoms with Crippen LogP contribution in [0.15, 0.2) is 28.8 Å². The maximum Gasteiger partial charge on any atom is 0.240 e. The number of hydrogen-bond acceptors (Lipinski definition) is 4. The summed E-state index contributed by atoms with van der Waals surface area (Å²) in [5.74, 6) is 1.48. The normalized spacial score (nSPS) is 17.3. The fourth-order valence-electron chi connectivity index (χ4n) is 2.90. The number of halogens is 1. The molecule has 1 unspecified atom stereocenters. The highest BCUT2D eigenvalue weighted by atomic mass is 35.5. The molecule has 1 aliphatic rings. The van der Waals surface area contributed by atoms with Gasteiger partial charge in [0.15, 0.2) is 0 Å². The van der Waals surface area contributed by atoms with Gasteiger partial charge in [-0.05, 0) is 32.8 Å². The van der Waals surface area contributed by atoms with Crippen molar-refractivity contribution in [2.24, 2.45) is 0 Å². The second kappa shape index (κ2) is 6.71. The van der Waals surface area contributed by atoms with Gasteiger partial charge in [0.2, 0.25) is 17.6 Å². The molecule has 6 heteroatoms. The van der Waals surface area contributed by atoms with Crippen molar-refractivity contribution in [3.05, 3.63) is 35.7 Å². The van der Waals surface area contributed by atoms with E-state index in [0.717, 1.165) is 24.0 Å². The number of amides is 1. The molecule has 2 aromatic rings. The highest BCUT2D eigenvalue weighted by molar-refractivity contribution is 6.30. The number of likely N-dealkylation sites (tertiary alicyclic amines) is 1. The van der Waals surface area contributed by atoms with E-state index in [1.54, 1.807) is 6.92 Å². The van der Waals surface area contributed by atoms with Gasteiger partial charge in [-0.1, -0.05) is 28.9 Å². The van der Waals surface area contributed by atoms with Crippen molar-refractivity contribution >= 4 is 17.5 Å². The smallest absolute Gasteiger partial charge is 0.240 e. The van der Waals surface area contributed by atoms with Crippen LogP contribution in [-0.2, 0) is 4.79 Å². The molecule has 122 valence electrons. The number of carbonyl (C=O) groups is 1. The highest BCUT2D eigenvalue weighted by Crippen LogP contribution is 2.29. The van der Waals surface area contributed by atoms with Crippen molar-refractivity contribution in [1.29, 1.82) is 0 Å². The maximum absolute atomic E-state index is 11.9.